The molecule has 0 aromatic heterocycles. The molecule has 58 valence electrons. The minimum atomic E-state index is -0.429. The molecule has 0 radical (unpaired) electrons. The van der Waals surface area contributed by atoms with Crippen LogP contribution in [-0.4, -0.2) is 28.5 Å². The molecule has 0 aromatic rings. The summed E-state index contributed by atoms with van der Waals surface area (Å²) in [6.07, 6.45) is 1.82. The van der Waals surface area contributed by atoms with Gasteiger partial charge in [-0.05, 0) is 19.9 Å². The molecule has 4 heteroatoms. The molecule has 0 N–H and O–H groups in total. The van der Waals surface area contributed by atoms with Gasteiger partial charge in [0.15, 0.2) is 9.76 Å². The molecular formula is C6H13NO2Si. The average molecular weight is 159 g/mol. The molecule has 0 fully saturated rings. The van der Waals surface area contributed by atoms with Gasteiger partial charge in [0.25, 0.3) is 0 Å². The van der Waals surface area contributed by atoms with Crippen molar-refractivity contribution in [1.29, 1.82) is 0 Å². The van der Waals surface area contributed by atoms with Crippen molar-refractivity contribution < 1.29 is 9.22 Å². The van der Waals surface area contributed by atoms with E-state index in [1.807, 2.05) is 13.8 Å². The van der Waals surface area contributed by atoms with Crippen molar-refractivity contribution in [2.75, 3.05) is 6.54 Å². The summed E-state index contributed by atoms with van der Waals surface area (Å²) >= 11 is 0. The van der Waals surface area contributed by atoms with Crippen LogP contribution in [0.1, 0.15) is 13.8 Å². The highest BCUT2D eigenvalue weighted by Gasteiger charge is 1.91. The number of carbonyl (C=O) groups excluding carboxylic acids is 1. The first-order chi connectivity index (χ1) is 4.77. The summed E-state index contributed by atoms with van der Waals surface area (Å²) < 4.78 is 5.34. The lowest BCUT2D eigenvalue weighted by Crippen LogP contribution is -2.07. The molecule has 0 aromatic carbocycles. The summed E-state index contributed by atoms with van der Waals surface area (Å²) in [6.45, 7) is 4.61. The van der Waals surface area contributed by atoms with Crippen LogP contribution in [0.15, 0.2) is 4.99 Å². The summed E-state index contributed by atoms with van der Waals surface area (Å²) in [7, 11) is -0.429. The van der Waals surface area contributed by atoms with Crippen molar-refractivity contribution in [3.63, 3.8) is 0 Å². The summed E-state index contributed by atoms with van der Waals surface area (Å²) in [5.41, 5.74) is 0. The Morgan fingerprint density at radius 2 is 2.40 bits per heavy atom. The van der Waals surface area contributed by atoms with E-state index in [1.54, 1.807) is 0 Å². The van der Waals surface area contributed by atoms with Crippen molar-refractivity contribution in [2.45, 2.75) is 26.0 Å². The Balaban J connectivity index is 2.98. The van der Waals surface area contributed by atoms with Crippen LogP contribution in [0.4, 0.5) is 0 Å². The van der Waals surface area contributed by atoms with Gasteiger partial charge in [-0.1, -0.05) is 0 Å². The smallest absolute Gasteiger partial charge is 0.234 e. The van der Waals surface area contributed by atoms with E-state index in [4.69, 9.17) is 4.43 Å². The molecule has 0 atom stereocenters. The quantitative estimate of drug-likeness (QED) is 0.250. The van der Waals surface area contributed by atoms with E-state index in [-0.39, 0.29) is 0 Å². The third kappa shape index (κ3) is 7.56. The third-order valence-electron chi connectivity index (χ3n) is 0.930. The minimum Gasteiger partial charge on any atom is -0.422 e. The van der Waals surface area contributed by atoms with E-state index in [0.717, 1.165) is 6.04 Å². The van der Waals surface area contributed by atoms with Gasteiger partial charge in [0.05, 0.1) is 6.54 Å². The number of rotatable bonds is 5. The Hall–Kier alpha value is -0.443. The Morgan fingerprint density at radius 1 is 1.70 bits per heavy atom. The SMILES string of the molecule is CC(C)O[SiH2]CCN=C=O. The Kier molecular flexibility index (Phi) is 6.38. The molecule has 3 nitrogen and oxygen atoms in total. The molecule has 0 aliphatic carbocycles. The van der Waals surface area contributed by atoms with Gasteiger partial charge in [-0.2, -0.15) is 0 Å². The van der Waals surface area contributed by atoms with Crippen LogP contribution in [0.2, 0.25) is 6.04 Å². The number of hydrogen-bond acceptors (Lipinski definition) is 3. The first kappa shape index (κ1) is 9.56. The first-order valence-corrected chi connectivity index (χ1v) is 5.00. The number of hydrogen-bond donors (Lipinski definition) is 0. The summed E-state index contributed by atoms with van der Waals surface area (Å²) in [5, 5.41) is 0. The number of nitrogens with zero attached hydrogens (tertiary/aromatic N) is 1. The van der Waals surface area contributed by atoms with Gasteiger partial charge in [0.1, 0.15) is 0 Å². The predicted octanol–water partition coefficient (Wildman–Crippen LogP) is 0.249. The fraction of sp³-hybridized carbons (Fsp3) is 0.833. The standard InChI is InChI=1S/C6H13NO2Si/c1-6(2)9-10-4-3-7-5-8/h6H,3-4,10H2,1-2H3. The van der Waals surface area contributed by atoms with E-state index in [9.17, 15) is 4.79 Å². The van der Waals surface area contributed by atoms with Gasteiger partial charge < -0.3 is 4.43 Å². The lowest BCUT2D eigenvalue weighted by atomic mass is 10.5. The second kappa shape index (κ2) is 6.67. The third-order valence-corrected chi connectivity index (χ3v) is 2.44. The highest BCUT2D eigenvalue weighted by molar-refractivity contribution is 6.27. The van der Waals surface area contributed by atoms with E-state index < -0.39 is 9.76 Å². The molecule has 0 saturated heterocycles. The van der Waals surface area contributed by atoms with Gasteiger partial charge in [-0.3, -0.25) is 0 Å². The maximum absolute atomic E-state index is 9.58. The van der Waals surface area contributed by atoms with Gasteiger partial charge in [0.2, 0.25) is 6.08 Å². The van der Waals surface area contributed by atoms with Crippen molar-refractivity contribution in [1.82, 2.24) is 0 Å². The van der Waals surface area contributed by atoms with Crippen molar-refractivity contribution in [3.8, 4) is 0 Å². The molecular weight excluding hydrogens is 146 g/mol. The van der Waals surface area contributed by atoms with E-state index in [2.05, 4.69) is 4.99 Å². The van der Waals surface area contributed by atoms with Gasteiger partial charge in [-0.15, -0.1) is 0 Å². The van der Waals surface area contributed by atoms with Crippen LogP contribution in [0, 0.1) is 0 Å². The Bertz CT molecular complexity index is 121. The molecule has 0 spiro atoms. The fourth-order valence-corrected chi connectivity index (χ4v) is 1.43. The number of aliphatic imine (C=N–C) groups is 1. The van der Waals surface area contributed by atoms with Crippen LogP contribution in [0.3, 0.4) is 0 Å². The average Bonchev–Trinajstić information content (AvgIpc) is 1.87. The normalized spacial score (nSPS) is 10.7. The molecule has 0 heterocycles. The second-order valence-electron chi connectivity index (χ2n) is 2.25. The Morgan fingerprint density at radius 3 is 2.90 bits per heavy atom. The van der Waals surface area contributed by atoms with Crippen LogP contribution in [0.25, 0.3) is 0 Å². The monoisotopic (exact) mass is 159 g/mol. The van der Waals surface area contributed by atoms with E-state index in [1.165, 1.54) is 6.08 Å². The molecule has 0 bridgehead atoms. The fourth-order valence-electron chi connectivity index (χ4n) is 0.508. The van der Waals surface area contributed by atoms with Gasteiger partial charge in [0, 0.05) is 6.10 Å². The van der Waals surface area contributed by atoms with Gasteiger partial charge >= 0.3 is 0 Å². The molecule has 0 saturated carbocycles. The molecule has 0 unspecified atom stereocenters. The topological polar surface area (TPSA) is 38.7 Å². The maximum Gasteiger partial charge on any atom is 0.234 e. The van der Waals surface area contributed by atoms with Crippen LogP contribution < -0.4 is 0 Å². The lowest BCUT2D eigenvalue weighted by molar-refractivity contribution is 0.255. The highest BCUT2D eigenvalue weighted by Crippen LogP contribution is 1.88. The zero-order valence-electron chi connectivity index (χ0n) is 6.46. The summed E-state index contributed by atoms with van der Waals surface area (Å²) in [6, 6.07) is 0.938. The number of isocyanates is 1. The zero-order valence-corrected chi connectivity index (χ0v) is 7.88. The molecule has 0 amide bonds. The predicted molar refractivity (Wildman–Crippen MR) is 42.6 cm³/mol. The van der Waals surface area contributed by atoms with E-state index in [0.29, 0.717) is 12.6 Å². The van der Waals surface area contributed by atoms with Crippen LogP contribution in [-0.2, 0) is 9.22 Å². The van der Waals surface area contributed by atoms with Gasteiger partial charge in [-0.25, -0.2) is 9.79 Å². The van der Waals surface area contributed by atoms with Crippen molar-refractivity contribution in [3.05, 3.63) is 0 Å². The highest BCUT2D eigenvalue weighted by atomic mass is 28.2. The van der Waals surface area contributed by atoms with Crippen LogP contribution >= 0.6 is 0 Å². The summed E-state index contributed by atoms with van der Waals surface area (Å²) in [4.78, 5) is 13.0. The molecule has 10 heavy (non-hydrogen) atoms. The lowest BCUT2D eigenvalue weighted by Gasteiger charge is -2.04. The van der Waals surface area contributed by atoms with Crippen LogP contribution in [0.5, 0.6) is 0 Å². The largest absolute Gasteiger partial charge is 0.422 e. The van der Waals surface area contributed by atoms with E-state index >= 15 is 0 Å². The molecule has 0 rings (SSSR count). The zero-order chi connectivity index (χ0) is 7.82. The summed E-state index contributed by atoms with van der Waals surface area (Å²) in [5.74, 6) is 0. The van der Waals surface area contributed by atoms with Crippen molar-refractivity contribution in [2.24, 2.45) is 4.99 Å². The second-order valence-corrected chi connectivity index (χ2v) is 3.69. The maximum atomic E-state index is 9.58. The molecule has 0 aliphatic heterocycles. The minimum absolute atomic E-state index is 0.326. The van der Waals surface area contributed by atoms with Crippen molar-refractivity contribution >= 4 is 15.8 Å². The Labute approximate surface area is 63.4 Å². The molecule has 0 aliphatic rings. The first-order valence-electron chi connectivity index (χ1n) is 3.42.